The van der Waals surface area contributed by atoms with Gasteiger partial charge in [-0.2, -0.15) is 5.10 Å². The van der Waals surface area contributed by atoms with E-state index in [9.17, 15) is 9.90 Å². The summed E-state index contributed by atoms with van der Waals surface area (Å²) in [5.41, 5.74) is 4.91. The average Bonchev–Trinajstić information content (AvgIpc) is 3.42. The zero-order chi connectivity index (χ0) is 24.1. The van der Waals surface area contributed by atoms with E-state index < -0.39 is 6.23 Å². The minimum Gasteiger partial charge on any atom is -0.508 e. The van der Waals surface area contributed by atoms with Gasteiger partial charge in [-0.15, -0.1) is 9.24 Å². The van der Waals surface area contributed by atoms with Crippen molar-refractivity contribution in [2.75, 3.05) is 13.2 Å². The number of carbonyl (C=O) groups excluding carboxylic acids is 1. The molecule has 2 atom stereocenters. The third-order valence-electron chi connectivity index (χ3n) is 5.91. The number of rotatable bonds is 8. The second-order valence-corrected chi connectivity index (χ2v) is 9.05. The maximum atomic E-state index is 12.7. The molecule has 0 aliphatic carbocycles. The summed E-state index contributed by atoms with van der Waals surface area (Å²) in [6.45, 7) is 5.26. The van der Waals surface area contributed by atoms with Crippen molar-refractivity contribution in [2.24, 2.45) is 0 Å². The summed E-state index contributed by atoms with van der Waals surface area (Å²) in [7, 11) is 2.70. The lowest BCUT2D eigenvalue weighted by molar-refractivity contribution is -0.128. The Labute approximate surface area is 202 Å². The quantitative estimate of drug-likeness (QED) is 0.388. The first-order valence-electron chi connectivity index (χ1n) is 11.4. The van der Waals surface area contributed by atoms with Crippen molar-refractivity contribution in [3.8, 4) is 17.0 Å². The molecule has 4 rings (SSSR count). The molecule has 1 aliphatic heterocycles. The molecule has 0 radical (unpaired) electrons. The molecule has 1 aliphatic rings. The summed E-state index contributed by atoms with van der Waals surface area (Å²) in [5.74, 6) is 0.195. The Hall–Kier alpha value is -3.21. The van der Waals surface area contributed by atoms with Crippen molar-refractivity contribution in [3.63, 3.8) is 0 Å². The molecule has 6 nitrogen and oxygen atoms in total. The number of hydrogen-bond donors (Lipinski definition) is 1. The molecule has 2 heterocycles. The molecule has 1 N–H and O–H groups in total. The van der Waals surface area contributed by atoms with Gasteiger partial charge in [-0.1, -0.05) is 60.2 Å². The summed E-state index contributed by atoms with van der Waals surface area (Å²) >= 11 is 0. The third-order valence-corrected chi connectivity index (χ3v) is 6.30. The molecule has 34 heavy (non-hydrogen) atoms. The first-order valence-corrected chi connectivity index (χ1v) is 11.9. The average molecular weight is 476 g/mol. The van der Waals surface area contributed by atoms with Crippen LogP contribution in [-0.4, -0.2) is 38.8 Å². The van der Waals surface area contributed by atoms with Crippen LogP contribution < -0.4 is 5.30 Å². The van der Waals surface area contributed by atoms with Crippen molar-refractivity contribution in [2.45, 2.75) is 33.0 Å². The smallest absolute Gasteiger partial charge is 0.250 e. The molecule has 176 valence electrons. The summed E-state index contributed by atoms with van der Waals surface area (Å²) in [4.78, 5) is 14.5. The van der Waals surface area contributed by atoms with E-state index in [1.807, 2.05) is 54.2 Å². The van der Waals surface area contributed by atoms with Gasteiger partial charge in [-0.05, 0) is 43.3 Å². The van der Waals surface area contributed by atoms with Crippen molar-refractivity contribution in [1.82, 2.24) is 14.7 Å². The van der Waals surface area contributed by atoms with Gasteiger partial charge in [0.1, 0.15) is 18.1 Å². The van der Waals surface area contributed by atoms with Crippen LogP contribution in [0.5, 0.6) is 5.75 Å². The normalized spacial score (nSPS) is 16.7. The maximum absolute atomic E-state index is 12.7. The van der Waals surface area contributed by atoms with E-state index in [4.69, 9.17) is 9.84 Å². The van der Waals surface area contributed by atoms with Crippen LogP contribution in [0.4, 0.5) is 0 Å². The number of aromatic hydroxyl groups is 1. The lowest BCUT2D eigenvalue weighted by Crippen LogP contribution is -2.30. The molecular formula is C27H30N3O3P. The molecule has 2 aromatic carbocycles. The van der Waals surface area contributed by atoms with Crippen LogP contribution in [0.15, 0.2) is 78.5 Å². The van der Waals surface area contributed by atoms with Gasteiger partial charge in [-0.25, -0.2) is 0 Å². The Morgan fingerprint density at radius 2 is 1.94 bits per heavy atom. The van der Waals surface area contributed by atoms with E-state index in [1.54, 1.807) is 17.0 Å². The van der Waals surface area contributed by atoms with Gasteiger partial charge in [0.25, 0.3) is 5.91 Å². The number of allylic oxidation sites excluding steroid dienone is 4. The number of hydrogen-bond acceptors (Lipinski definition) is 4. The molecule has 0 saturated carbocycles. The zero-order valence-electron chi connectivity index (χ0n) is 19.5. The fourth-order valence-electron chi connectivity index (χ4n) is 3.88. The third kappa shape index (κ3) is 5.64. The number of nitrogens with zero attached hydrogens (tertiary/aromatic N) is 3. The largest absolute Gasteiger partial charge is 0.508 e. The monoisotopic (exact) mass is 475 g/mol. The lowest BCUT2D eigenvalue weighted by Gasteiger charge is -2.23. The van der Waals surface area contributed by atoms with Crippen molar-refractivity contribution in [1.29, 1.82) is 0 Å². The Bertz CT molecular complexity index is 1200. The molecule has 1 aromatic heterocycles. The van der Waals surface area contributed by atoms with E-state index in [0.717, 1.165) is 27.7 Å². The number of benzene rings is 2. The van der Waals surface area contributed by atoms with E-state index in [1.165, 1.54) is 5.57 Å². The van der Waals surface area contributed by atoms with Crippen LogP contribution in [0.2, 0.25) is 0 Å². The fraction of sp³-hybridized carbons (Fsp3) is 0.259. The van der Waals surface area contributed by atoms with Crippen LogP contribution in [0, 0.1) is 0 Å². The summed E-state index contributed by atoms with van der Waals surface area (Å²) in [6, 6.07) is 15.2. The second kappa shape index (κ2) is 10.8. The topological polar surface area (TPSA) is 67.6 Å². The summed E-state index contributed by atoms with van der Waals surface area (Å²) in [6.07, 6.45) is 8.36. The van der Waals surface area contributed by atoms with Gasteiger partial charge in [-0.3, -0.25) is 9.48 Å². The Kier molecular flexibility index (Phi) is 7.61. The lowest BCUT2D eigenvalue weighted by atomic mass is 10.1. The van der Waals surface area contributed by atoms with Crippen LogP contribution in [0.3, 0.4) is 0 Å². The molecule has 1 saturated heterocycles. The van der Waals surface area contributed by atoms with Gasteiger partial charge in [0.15, 0.2) is 6.23 Å². The summed E-state index contributed by atoms with van der Waals surface area (Å²) < 4.78 is 7.87. The Morgan fingerprint density at radius 1 is 1.21 bits per heavy atom. The number of phenolic OH excluding ortho intramolecular Hbond substituents is 1. The fourth-order valence-corrected chi connectivity index (χ4v) is 4.08. The first-order chi connectivity index (χ1) is 16.4. The van der Waals surface area contributed by atoms with E-state index in [0.29, 0.717) is 19.5 Å². The van der Waals surface area contributed by atoms with Crippen LogP contribution in [-0.2, 0) is 22.5 Å². The zero-order valence-corrected chi connectivity index (χ0v) is 20.7. The molecule has 7 heteroatoms. The molecule has 1 fully saturated rings. The highest BCUT2D eigenvalue weighted by molar-refractivity contribution is 7.27. The second-order valence-electron chi connectivity index (χ2n) is 8.38. The van der Waals surface area contributed by atoms with Gasteiger partial charge in [0.05, 0.1) is 6.54 Å². The molecule has 3 aromatic rings. The molecular weight excluding hydrogens is 445 g/mol. The predicted molar refractivity (Wildman–Crippen MR) is 138 cm³/mol. The van der Waals surface area contributed by atoms with Crippen LogP contribution in [0.1, 0.15) is 31.2 Å². The minimum atomic E-state index is -0.495. The van der Waals surface area contributed by atoms with Gasteiger partial charge in [0.2, 0.25) is 0 Å². The van der Waals surface area contributed by atoms with Gasteiger partial charge >= 0.3 is 0 Å². The minimum absolute atomic E-state index is 0.0358. The molecule has 0 spiro atoms. The molecule has 0 bridgehead atoms. The summed E-state index contributed by atoms with van der Waals surface area (Å²) in [5, 5.41) is 15.5. The van der Waals surface area contributed by atoms with Gasteiger partial charge < -0.3 is 14.7 Å². The highest BCUT2D eigenvalue weighted by atomic mass is 31.0. The standard InChI is InChI=1S/C27H30N3O3P/c1-3-19(2)5-4-15-29-17-24(26(28-29)21-8-12-23(34)13-9-21)27-30(25(32)18-33-27)16-14-20-6-10-22(31)11-7-20/h3-13,17,27,31H,14-16,18,34H2,1-2H3/b5-4-,19-3-. The van der Waals surface area contributed by atoms with Crippen molar-refractivity contribution >= 4 is 20.5 Å². The van der Waals surface area contributed by atoms with Crippen LogP contribution in [0.25, 0.3) is 11.3 Å². The number of amides is 1. The highest BCUT2D eigenvalue weighted by Gasteiger charge is 2.35. The maximum Gasteiger partial charge on any atom is 0.250 e. The predicted octanol–water partition coefficient (Wildman–Crippen LogP) is 4.38. The van der Waals surface area contributed by atoms with Crippen molar-refractivity contribution in [3.05, 3.63) is 89.7 Å². The SMILES string of the molecule is C/C=C(C)\C=C/Cn1cc(C2OCC(=O)N2CCc2ccc(O)cc2)c(-c2ccc(P)cc2)n1. The molecule has 2 unspecified atom stereocenters. The number of carbonyl (C=O) groups is 1. The van der Waals surface area contributed by atoms with E-state index in [2.05, 4.69) is 34.4 Å². The van der Waals surface area contributed by atoms with Crippen LogP contribution >= 0.6 is 9.24 Å². The number of aromatic nitrogens is 2. The Morgan fingerprint density at radius 3 is 2.65 bits per heavy atom. The molecule has 1 amide bonds. The van der Waals surface area contributed by atoms with Gasteiger partial charge in [0, 0.05) is 23.9 Å². The first kappa shape index (κ1) is 23.9. The number of phenols is 1. The highest BCUT2D eigenvalue weighted by Crippen LogP contribution is 2.34. The number of ether oxygens (including phenoxy) is 1. The van der Waals surface area contributed by atoms with Crippen molar-refractivity contribution < 1.29 is 14.6 Å². The van der Waals surface area contributed by atoms with E-state index >= 15 is 0 Å². The Balaban J connectivity index is 1.62. The van der Waals surface area contributed by atoms with E-state index in [-0.39, 0.29) is 18.3 Å².